The van der Waals surface area contributed by atoms with E-state index < -0.39 is 5.97 Å². The summed E-state index contributed by atoms with van der Waals surface area (Å²) >= 11 is 1.66. The summed E-state index contributed by atoms with van der Waals surface area (Å²) in [6, 6.07) is 10.2. The standard InChI is InChI=1S/C14H12O3S/c1-17-12(14(15)16)7-4-6-11-9-10-5-2-3-8-13(10)18-11/h2-9H,1H3,(H,15,16). The number of carbonyl (C=O) groups is 1. The van der Waals surface area contributed by atoms with Crippen LogP contribution in [0.5, 0.6) is 0 Å². The van der Waals surface area contributed by atoms with E-state index in [0.717, 1.165) is 4.88 Å². The van der Waals surface area contributed by atoms with Crippen molar-refractivity contribution >= 4 is 33.5 Å². The summed E-state index contributed by atoms with van der Waals surface area (Å²) in [4.78, 5) is 11.8. The molecular weight excluding hydrogens is 248 g/mol. The zero-order valence-electron chi connectivity index (χ0n) is 9.79. The minimum atomic E-state index is -1.07. The van der Waals surface area contributed by atoms with Crippen LogP contribution in [0.4, 0.5) is 0 Å². The fraction of sp³-hybridized carbons (Fsp3) is 0.0714. The number of benzene rings is 1. The Labute approximate surface area is 109 Å². The molecule has 0 aliphatic heterocycles. The number of thiophene rings is 1. The number of rotatable bonds is 4. The van der Waals surface area contributed by atoms with Crippen molar-refractivity contribution in [1.29, 1.82) is 0 Å². The maximum absolute atomic E-state index is 10.7. The Balaban J connectivity index is 2.20. The van der Waals surface area contributed by atoms with E-state index in [9.17, 15) is 4.79 Å². The second kappa shape index (κ2) is 5.51. The van der Waals surface area contributed by atoms with E-state index in [1.165, 1.54) is 23.3 Å². The average Bonchev–Trinajstić information content (AvgIpc) is 2.76. The third-order valence-corrected chi connectivity index (χ3v) is 3.46. The highest BCUT2D eigenvalue weighted by molar-refractivity contribution is 7.19. The summed E-state index contributed by atoms with van der Waals surface area (Å²) in [5.41, 5.74) is 0. The third kappa shape index (κ3) is 2.78. The van der Waals surface area contributed by atoms with Crippen LogP contribution in [0.3, 0.4) is 0 Å². The Hall–Kier alpha value is -2.07. The molecule has 0 unspecified atom stereocenters. The maximum Gasteiger partial charge on any atom is 0.371 e. The van der Waals surface area contributed by atoms with Crippen molar-refractivity contribution in [2.45, 2.75) is 0 Å². The van der Waals surface area contributed by atoms with E-state index in [2.05, 4.69) is 18.2 Å². The molecule has 0 bridgehead atoms. The molecule has 1 N–H and O–H groups in total. The molecular formula is C14H12O3S. The van der Waals surface area contributed by atoms with Gasteiger partial charge in [0.15, 0.2) is 0 Å². The molecule has 4 heteroatoms. The molecule has 0 amide bonds. The Morgan fingerprint density at radius 2 is 2.17 bits per heavy atom. The van der Waals surface area contributed by atoms with Crippen LogP contribution in [0.25, 0.3) is 16.2 Å². The molecule has 0 saturated heterocycles. The van der Waals surface area contributed by atoms with Gasteiger partial charge < -0.3 is 9.84 Å². The van der Waals surface area contributed by atoms with Crippen LogP contribution in [0.15, 0.2) is 48.2 Å². The number of carboxylic acid groups (broad SMARTS) is 1. The molecule has 92 valence electrons. The van der Waals surface area contributed by atoms with E-state index >= 15 is 0 Å². The lowest BCUT2D eigenvalue weighted by atomic mass is 10.2. The highest BCUT2D eigenvalue weighted by atomic mass is 32.1. The molecule has 1 aromatic carbocycles. The number of ether oxygens (including phenoxy) is 1. The normalized spacial score (nSPS) is 12.2. The minimum absolute atomic E-state index is 0.0765. The van der Waals surface area contributed by atoms with E-state index in [4.69, 9.17) is 9.84 Å². The van der Waals surface area contributed by atoms with Crippen LogP contribution in [0, 0.1) is 0 Å². The Morgan fingerprint density at radius 3 is 2.83 bits per heavy atom. The van der Waals surface area contributed by atoms with Gasteiger partial charge in [-0.05, 0) is 29.7 Å². The molecule has 2 aromatic rings. The first-order valence-corrected chi connectivity index (χ1v) is 6.16. The van der Waals surface area contributed by atoms with Gasteiger partial charge in [-0.2, -0.15) is 0 Å². The van der Waals surface area contributed by atoms with Crippen molar-refractivity contribution < 1.29 is 14.6 Å². The van der Waals surface area contributed by atoms with Crippen LogP contribution in [-0.4, -0.2) is 18.2 Å². The second-order valence-electron chi connectivity index (χ2n) is 3.59. The van der Waals surface area contributed by atoms with E-state index in [1.54, 1.807) is 17.4 Å². The van der Waals surface area contributed by atoms with Crippen molar-refractivity contribution in [3.05, 3.63) is 53.1 Å². The first-order chi connectivity index (χ1) is 8.70. The number of allylic oxidation sites excluding steroid dienone is 2. The van der Waals surface area contributed by atoms with E-state index in [1.807, 2.05) is 18.2 Å². The molecule has 2 rings (SSSR count). The van der Waals surface area contributed by atoms with E-state index in [-0.39, 0.29) is 5.76 Å². The van der Waals surface area contributed by atoms with Gasteiger partial charge in [-0.3, -0.25) is 0 Å². The molecule has 0 atom stereocenters. The maximum atomic E-state index is 10.7. The number of fused-ring (bicyclic) bond motifs is 1. The Kier molecular flexibility index (Phi) is 3.79. The highest BCUT2D eigenvalue weighted by Gasteiger charge is 2.03. The summed E-state index contributed by atoms with van der Waals surface area (Å²) < 4.78 is 5.94. The van der Waals surface area contributed by atoms with Crippen LogP contribution >= 0.6 is 11.3 Å². The van der Waals surface area contributed by atoms with Gasteiger partial charge in [-0.25, -0.2) is 4.79 Å². The molecule has 0 spiro atoms. The number of hydrogen-bond donors (Lipinski definition) is 1. The van der Waals surface area contributed by atoms with Gasteiger partial charge in [0.1, 0.15) is 0 Å². The van der Waals surface area contributed by atoms with Gasteiger partial charge in [0.05, 0.1) is 7.11 Å². The molecule has 0 radical (unpaired) electrons. The van der Waals surface area contributed by atoms with Crippen molar-refractivity contribution in [3.8, 4) is 0 Å². The quantitative estimate of drug-likeness (QED) is 0.519. The molecule has 1 aromatic heterocycles. The third-order valence-electron chi connectivity index (χ3n) is 2.38. The summed E-state index contributed by atoms with van der Waals surface area (Å²) in [5, 5.41) is 9.95. The van der Waals surface area contributed by atoms with Crippen molar-refractivity contribution in [3.63, 3.8) is 0 Å². The number of carboxylic acids is 1. The highest BCUT2D eigenvalue weighted by Crippen LogP contribution is 2.26. The first-order valence-electron chi connectivity index (χ1n) is 5.35. The van der Waals surface area contributed by atoms with Crippen molar-refractivity contribution in [1.82, 2.24) is 0 Å². The summed E-state index contributed by atoms with van der Waals surface area (Å²) in [7, 11) is 1.34. The largest absolute Gasteiger partial charge is 0.490 e. The van der Waals surface area contributed by atoms with Crippen molar-refractivity contribution in [2.75, 3.05) is 7.11 Å². The smallest absolute Gasteiger partial charge is 0.371 e. The lowest BCUT2D eigenvalue weighted by Gasteiger charge is -1.96. The fourth-order valence-corrected chi connectivity index (χ4v) is 2.52. The lowest BCUT2D eigenvalue weighted by molar-refractivity contribution is -0.136. The van der Waals surface area contributed by atoms with Crippen LogP contribution < -0.4 is 0 Å². The molecule has 1 heterocycles. The fourth-order valence-electron chi connectivity index (χ4n) is 1.54. The number of aliphatic carboxylic acids is 1. The monoisotopic (exact) mass is 260 g/mol. The molecule has 0 fully saturated rings. The van der Waals surface area contributed by atoms with Gasteiger partial charge in [0, 0.05) is 9.58 Å². The summed E-state index contributed by atoms with van der Waals surface area (Å²) in [6.07, 6.45) is 4.98. The van der Waals surface area contributed by atoms with Gasteiger partial charge in [-0.1, -0.05) is 24.3 Å². The second-order valence-corrected chi connectivity index (χ2v) is 4.70. The van der Waals surface area contributed by atoms with Gasteiger partial charge in [-0.15, -0.1) is 11.3 Å². The van der Waals surface area contributed by atoms with Crippen LogP contribution in [0.1, 0.15) is 4.88 Å². The lowest BCUT2D eigenvalue weighted by Crippen LogP contribution is -2.01. The SMILES string of the molecule is COC(=CC=Cc1cc2ccccc2s1)C(=O)O. The molecule has 18 heavy (non-hydrogen) atoms. The predicted octanol–water partition coefficient (Wildman–Crippen LogP) is 3.53. The Bertz CT molecular complexity index is 590. The van der Waals surface area contributed by atoms with Crippen LogP contribution in [0.2, 0.25) is 0 Å². The predicted molar refractivity (Wildman–Crippen MR) is 73.6 cm³/mol. The topological polar surface area (TPSA) is 46.5 Å². The van der Waals surface area contributed by atoms with Gasteiger partial charge >= 0.3 is 5.97 Å². The van der Waals surface area contributed by atoms with E-state index in [0.29, 0.717) is 0 Å². The summed E-state index contributed by atoms with van der Waals surface area (Å²) in [6.45, 7) is 0. The van der Waals surface area contributed by atoms with Crippen molar-refractivity contribution in [2.24, 2.45) is 0 Å². The molecule has 0 aliphatic rings. The summed E-state index contributed by atoms with van der Waals surface area (Å²) in [5.74, 6) is -1.15. The minimum Gasteiger partial charge on any atom is -0.490 e. The van der Waals surface area contributed by atoms with Gasteiger partial charge in [0.25, 0.3) is 0 Å². The number of hydrogen-bond acceptors (Lipinski definition) is 3. The number of methoxy groups -OCH3 is 1. The van der Waals surface area contributed by atoms with Gasteiger partial charge in [0.2, 0.25) is 5.76 Å². The zero-order valence-corrected chi connectivity index (χ0v) is 10.6. The first kappa shape index (κ1) is 12.4. The Morgan fingerprint density at radius 1 is 1.39 bits per heavy atom. The molecule has 3 nitrogen and oxygen atoms in total. The molecule has 0 saturated carbocycles. The average molecular weight is 260 g/mol. The van der Waals surface area contributed by atoms with Crippen LogP contribution in [-0.2, 0) is 9.53 Å². The molecule has 0 aliphatic carbocycles. The zero-order chi connectivity index (χ0) is 13.0.